The molecule has 0 amide bonds. The summed E-state index contributed by atoms with van der Waals surface area (Å²) in [5.74, 6) is 0.957. The van der Waals surface area contributed by atoms with Crippen molar-refractivity contribution in [1.82, 2.24) is 15.2 Å². The molecule has 0 atom stereocenters. The summed E-state index contributed by atoms with van der Waals surface area (Å²) in [5, 5.41) is 4.55. The summed E-state index contributed by atoms with van der Waals surface area (Å²) in [5.41, 5.74) is 1.12. The smallest absolute Gasteiger partial charge is 0.193 e. The van der Waals surface area contributed by atoms with E-state index in [9.17, 15) is 0 Å². The van der Waals surface area contributed by atoms with E-state index in [-0.39, 0.29) is 0 Å². The number of piperidine rings is 1. The number of hydrogen-bond donors (Lipinski definition) is 1. The molecule has 6 nitrogen and oxygen atoms in total. The molecule has 1 aromatic heterocycles. The van der Waals surface area contributed by atoms with E-state index >= 15 is 0 Å². The second-order valence-electron chi connectivity index (χ2n) is 6.05. The minimum absolute atomic E-state index is 0.362. The van der Waals surface area contributed by atoms with Gasteiger partial charge in [-0.1, -0.05) is 0 Å². The van der Waals surface area contributed by atoms with E-state index in [1.807, 2.05) is 7.05 Å². The number of thiazole rings is 1. The molecule has 0 radical (unpaired) electrons. The van der Waals surface area contributed by atoms with Gasteiger partial charge in [0.25, 0.3) is 0 Å². The minimum atomic E-state index is 0.362. The summed E-state index contributed by atoms with van der Waals surface area (Å²) in [6.45, 7) is 8.41. The molecule has 1 fully saturated rings. The predicted molar refractivity (Wildman–Crippen MR) is 98.8 cm³/mol. The minimum Gasteiger partial charge on any atom is -0.385 e. The van der Waals surface area contributed by atoms with Crippen LogP contribution >= 0.6 is 11.3 Å². The van der Waals surface area contributed by atoms with Crippen LogP contribution in [0.25, 0.3) is 0 Å². The summed E-state index contributed by atoms with van der Waals surface area (Å²) >= 11 is 1.75. The Balaban J connectivity index is 1.72. The van der Waals surface area contributed by atoms with Crippen LogP contribution in [0.5, 0.6) is 0 Å². The van der Waals surface area contributed by atoms with Gasteiger partial charge in [0.05, 0.1) is 18.3 Å². The quantitative estimate of drug-likeness (QED) is 0.463. The van der Waals surface area contributed by atoms with E-state index in [1.54, 1.807) is 18.4 Å². The fourth-order valence-electron chi connectivity index (χ4n) is 2.79. The van der Waals surface area contributed by atoms with Gasteiger partial charge in [-0.15, -0.1) is 11.3 Å². The third-order valence-corrected chi connectivity index (χ3v) is 5.34. The van der Waals surface area contributed by atoms with Crippen LogP contribution < -0.4 is 5.32 Å². The Morgan fingerprint density at radius 3 is 2.67 bits per heavy atom. The van der Waals surface area contributed by atoms with Gasteiger partial charge in [-0.25, -0.2) is 4.98 Å². The molecule has 1 aromatic rings. The molecule has 0 spiro atoms. The maximum absolute atomic E-state index is 5.92. The number of ether oxygens (including phenoxy) is 2. The highest BCUT2D eigenvalue weighted by atomic mass is 32.1. The number of hydrogen-bond acceptors (Lipinski definition) is 5. The van der Waals surface area contributed by atoms with Crippen molar-refractivity contribution in [3.8, 4) is 0 Å². The molecule has 24 heavy (non-hydrogen) atoms. The molecular formula is C17H30N4O2S. The predicted octanol–water partition coefficient (Wildman–Crippen LogP) is 2.35. The molecule has 136 valence electrons. The van der Waals surface area contributed by atoms with Gasteiger partial charge < -0.3 is 19.7 Å². The zero-order valence-corrected chi connectivity index (χ0v) is 16.1. The highest BCUT2D eigenvalue weighted by Crippen LogP contribution is 2.17. The molecule has 0 aromatic carbocycles. The molecule has 7 heteroatoms. The molecular weight excluding hydrogens is 324 g/mol. The Hall–Kier alpha value is -1.18. The molecule has 1 aliphatic rings. The number of nitrogens with zero attached hydrogens (tertiary/aromatic N) is 3. The van der Waals surface area contributed by atoms with Crippen molar-refractivity contribution in [3.63, 3.8) is 0 Å². The number of nitrogens with one attached hydrogen (secondary N) is 1. The Kier molecular flexibility index (Phi) is 7.94. The van der Waals surface area contributed by atoms with Gasteiger partial charge in [0, 0.05) is 45.3 Å². The Labute approximate surface area is 149 Å². The maximum Gasteiger partial charge on any atom is 0.193 e. The van der Waals surface area contributed by atoms with Crippen LogP contribution in [0.2, 0.25) is 0 Å². The maximum atomic E-state index is 5.92. The fraction of sp³-hybridized carbons (Fsp3) is 0.765. The molecule has 1 N–H and O–H groups in total. The zero-order valence-electron chi connectivity index (χ0n) is 15.3. The zero-order chi connectivity index (χ0) is 17.4. The average molecular weight is 355 g/mol. The van der Waals surface area contributed by atoms with Crippen LogP contribution in [0.4, 0.5) is 0 Å². The Morgan fingerprint density at radius 1 is 1.33 bits per heavy atom. The fourth-order valence-corrected chi connectivity index (χ4v) is 3.66. The van der Waals surface area contributed by atoms with Gasteiger partial charge in [-0.3, -0.25) is 4.99 Å². The van der Waals surface area contributed by atoms with E-state index in [1.165, 1.54) is 4.88 Å². The average Bonchev–Trinajstić information content (AvgIpc) is 2.91. The van der Waals surface area contributed by atoms with Crippen LogP contribution in [0.15, 0.2) is 4.99 Å². The first-order chi connectivity index (χ1) is 11.6. The van der Waals surface area contributed by atoms with Crippen molar-refractivity contribution in [3.05, 3.63) is 15.6 Å². The first-order valence-electron chi connectivity index (χ1n) is 8.63. The van der Waals surface area contributed by atoms with Crippen LogP contribution in [0, 0.1) is 13.8 Å². The SMILES string of the molecule is CN=C(NCc1nc(C)c(C)s1)N1CCC(OCCCOC)CC1. The third-order valence-electron chi connectivity index (χ3n) is 4.27. The summed E-state index contributed by atoms with van der Waals surface area (Å²) in [4.78, 5) is 12.6. The van der Waals surface area contributed by atoms with Crippen molar-refractivity contribution in [2.45, 2.75) is 45.8 Å². The topological polar surface area (TPSA) is 59.0 Å². The summed E-state index contributed by atoms with van der Waals surface area (Å²) < 4.78 is 11.0. The largest absolute Gasteiger partial charge is 0.385 e. The van der Waals surface area contributed by atoms with E-state index in [0.29, 0.717) is 6.10 Å². The van der Waals surface area contributed by atoms with Crippen LogP contribution in [0.1, 0.15) is 34.8 Å². The van der Waals surface area contributed by atoms with Gasteiger partial charge in [0.2, 0.25) is 0 Å². The molecule has 0 saturated carbocycles. The van der Waals surface area contributed by atoms with Gasteiger partial charge in [0.1, 0.15) is 5.01 Å². The standard InChI is InChI=1S/C17H30N4O2S/c1-13-14(2)24-16(20-13)12-19-17(18-3)21-8-6-15(7-9-21)23-11-5-10-22-4/h15H,5-12H2,1-4H3,(H,18,19). The second-order valence-corrected chi connectivity index (χ2v) is 7.34. The van der Waals surface area contributed by atoms with Gasteiger partial charge in [-0.2, -0.15) is 0 Å². The van der Waals surface area contributed by atoms with Gasteiger partial charge in [0.15, 0.2) is 5.96 Å². The lowest BCUT2D eigenvalue weighted by Crippen LogP contribution is -2.46. The lowest BCUT2D eigenvalue weighted by Gasteiger charge is -2.34. The van der Waals surface area contributed by atoms with Crippen molar-refractivity contribution < 1.29 is 9.47 Å². The highest BCUT2D eigenvalue weighted by Gasteiger charge is 2.22. The molecule has 0 unspecified atom stereocenters. The van der Waals surface area contributed by atoms with Crippen LogP contribution in [0.3, 0.4) is 0 Å². The number of aryl methyl sites for hydroxylation is 2. The van der Waals surface area contributed by atoms with E-state index in [0.717, 1.165) is 68.8 Å². The van der Waals surface area contributed by atoms with Gasteiger partial charge >= 0.3 is 0 Å². The van der Waals surface area contributed by atoms with E-state index in [2.05, 4.69) is 34.0 Å². The monoisotopic (exact) mass is 354 g/mol. The molecule has 1 aliphatic heterocycles. The molecule has 2 rings (SSSR count). The van der Waals surface area contributed by atoms with E-state index in [4.69, 9.17) is 9.47 Å². The number of likely N-dealkylation sites (tertiary alicyclic amines) is 1. The number of guanidine groups is 1. The number of rotatable bonds is 7. The lowest BCUT2D eigenvalue weighted by atomic mass is 10.1. The Morgan fingerprint density at radius 2 is 2.08 bits per heavy atom. The van der Waals surface area contributed by atoms with Crippen molar-refractivity contribution in [2.24, 2.45) is 4.99 Å². The first kappa shape index (κ1) is 19.1. The normalized spacial score (nSPS) is 16.7. The third kappa shape index (κ3) is 5.72. The lowest BCUT2D eigenvalue weighted by molar-refractivity contribution is 0.00989. The summed E-state index contributed by atoms with van der Waals surface area (Å²) in [6, 6.07) is 0. The number of methoxy groups -OCH3 is 1. The number of aliphatic imine (C=N–C) groups is 1. The molecule has 2 heterocycles. The highest BCUT2D eigenvalue weighted by molar-refractivity contribution is 7.11. The molecule has 0 bridgehead atoms. The van der Waals surface area contributed by atoms with Crippen LogP contribution in [-0.2, 0) is 16.0 Å². The van der Waals surface area contributed by atoms with Crippen molar-refractivity contribution in [2.75, 3.05) is 40.5 Å². The molecule has 0 aliphatic carbocycles. The summed E-state index contributed by atoms with van der Waals surface area (Å²) in [7, 11) is 3.57. The van der Waals surface area contributed by atoms with Crippen molar-refractivity contribution >= 4 is 17.3 Å². The molecule has 1 saturated heterocycles. The van der Waals surface area contributed by atoms with Crippen LogP contribution in [-0.4, -0.2) is 62.4 Å². The Bertz CT molecular complexity index is 505. The summed E-state index contributed by atoms with van der Waals surface area (Å²) in [6.07, 6.45) is 3.42. The number of aromatic nitrogens is 1. The van der Waals surface area contributed by atoms with Crippen molar-refractivity contribution in [1.29, 1.82) is 0 Å². The second kappa shape index (κ2) is 9.96. The first-order valence-corrected chi connectivity index (χ1v) is 9.44. The van der Waals surface area contributed by atoms with E-state index < -0.39 is 0 Å². The van der Waals surface area contributed by atoms with Gasteiger partial charge in [-0.05, 0) is 33.1 Å².